The van der Waals surface area contributed by atoms with Crippen LogP contribution in [0, 0.1) is 22.7 Å². The van der Waals surface area contributed by atoms with E-state index >= 15 is 0 Å². The van der Waals surface area contributed by atoms with Crippen molar-refractivity contribution < 1.29 is 0 Å². The number of fused-ring (bicyclic) bond motifs is 16. The largest absolute Gasteiger partial charge is 0.278 e. The fraction of sp³-hybridized carbons (Fsp3) is 0.0323. The number of hydrogen-bond donors (Lipinski definition) is 0. The molecule has 67 heavy (non-hydrogen) atoms. The van der Waals surface area contributed by atoms with E-state index in [9.17, 15) is 10.5 Å². The smallest absolute Gasteiger partial charge is 0.235 e. The zero-order valence-electron chi connectivity index (χ0n) is 35.9. The lowest BCUT2D eigenvalue weighted by atomic mass is 9.70. The Morgan fingerprint density at radius 1 is 0.418 bits per heavy atom. The number of benzene rings is 9. The van der Waals surface area contributed by atoms with Crippen LogP contribution in [0.5, 0.6) is 0 Å². The fourth-order valence-electron chi connectivity index (χ4n) is 11.9. The van der Waals surface area contributed by atoms with E-state index < -0.39 is 5.41 Å². The minimum Gasteiger partial charge on any atom is -0.278 e. The molecule has 3 aliphatic rings. The monoisotopic (exact) mass is 849 g/mol. The van der Waals surface area contributed by atoms with Gasteiger partial charge in [0.25, 0.3) is 0 Å². The highest BCUT2D eigenvalue weighted by Gasteiger charge is 2.52. The van der Waals surface area contributed by atoms with E-state index in [0.717, 1.165) is 61.0 Å². The molecule has 5 heteroatoms. The Bertz CT molecular complexity index is 3970. The van der Waals surface area contributed by atoms with Crippen LogP contribution in [0.2, 0.25) is 0 Å². The molecule has 0 amide bonds. The van der Waals surface area contributed by atoms with Crippen molar-refractivity contribution in [1.29, 1.82) is 10.5 Å². The predicted molar refractivity (Wildman–Crippen MR) is 266 cm³/mol. The molecule has 0 bridgehead atoms. The Morgan fingerprint density at radius 3 is 1.72 bits per heavy atom. The summed E-state index contributed by atoms with van der Waals surface area (Å²) < 4.78 is 2.16. The van der Waals surface area contributed by atoms with Crippen molar-refractivity contribution in [3.63, 3.8) is 0 Å². The highest BCUT2D eigenvalue weighted by molar-refractivity contribution is 6.12. The van der Waals surface area contributed by atoms with Crippen LogP contribution in [-0.2, 0) is 5.41 Å². The summed E-state index contributed by atoms with van der Waals surface area (Å²) in [5, 5.41) is 22.4. The molecular formula is C62H35N5. The minimum atomic E-state index is -0.504. The maximum absolute atomic E-state index is 10.3. The molecule has 308 valence electrons. The molecule has 3 aliphatic carbocycles. The van der Waals surface area contributed by atoms with Crippen LogP contribution in [0.1, 0.15) is 56.0 Å². The van der Waals surface area contributed by atoms with Gasteiger partial charge in [-0.05, 0) is 115 Å². The quantitative estimate of drug-likeness (QED) is 0.177. The zero-order chi connectivity index (χ0) is 44.4. The van der Waals surface area contributed by atoms with E-state index in [1.807, 2.05) is 48.5 Å². The van der Waals surface area contributed by atoms with Gasteiger partial charge in [0.2, 0.25) is 5.95 Å². The van der Waals surface area contributed by atoms with Crippen LogP contribution in [0.25, 0.3) is 83.6 Å². The molecule has 0 fully saturated rings. The van der Waals surface area contributed by atoms with E-state index in [1.165, 1.54) is 55.6 Å². The molecule has 0 N–H and O–H groups in total. The van der Waals surface area contributed by atoms with Crippen LogP contribution in [-0.4, -0.2) is 14.5 Å². The van der Waals surface area contributed by atoms with Crippen molar-refractivity contribution in [1.82, 2.24) is 14.5 Å². The second-order valence-electron chi connectivity index (χ2n) is 17.8. The van der Waals surface area contributed by atoms with Gasteiger partial charge < -0.3 is 0 Å². The Labute approximate surface area is 386 Å². The molecule has 11 aromatic rings. The minimum absolute atomic E-state index is 0.0601. The van der Waals surface area contributed by atoms with Gasteiger partial charge in [0.1, 0.15) is 0 Å². The number of aromatic nitrogens is 3. The molecule has 0 saturated heterocycles. The average molecular weight is 850 g/mol. The van der Waals surface area contributed by atoms with Gasteiger partial charge in [0.05, 0.1) is 51.1 Å². The summed E-state index contributed by atoms with van der Waals surface area (Å²) in [5.74, 6) is 0.453. The van der Waals surface area contributed by atoms with Gasteiger partial charge in [0.15, 0.2) is 0 Å². The molecule has 0 radical (unpaired) electrons. The molecule has 0 aliphatic heterocycles. The van der Waals surface area contributed by atoms with Crippen molar-refractivity contribution in [3.8, 4) is 74.0 Å². The second kappa shape index (κ2) is 13.9. The van der Waals surface area contributed by atoms with Crippen molar-refractivity contribution >= 4 is 21.8 Å². The molecule has 2 heterocycles. The van der Waals surface area contributed by atoms with E-state index in [0.29, 0.717) is 17.1 Å². The maximum Gasteiger partial charge on any atom is 0.235 e. The number of nitriles is 2. The van der Waals surface area contributed by atoms with E-state index in [-0.39, 0.29) is 5.92 Å². The molecule has 14 rings (SSSR count). The fourth-order valence-corrected chi connectivity index (χ4v) is 11.9. The van der Waals surface area contributed by atoms with Crippen molar-refractivity contribution in [2.75, 3.05) is 0 Å². The summed E-state index contributed by atoms with van der Waals surface area (Å²) in [4.78, 5) is 11.1. The van der Waals surface area contributed by atoms with E-state index in [2.05, 4.69) is 174 Å². The number of rotatable bonds is 4. The van der Waals surface area contributed by atoms with Gasteiger partial charge in [-0.25, -0.2) is 9.97 Å². The first-order valence-corrected chi connectivity index (χ1v) is 22.6. The summed E-state index contributed by atoms with van der Waals surface area (Å²) in [6, 6.07) is 77.8. The van der Waals surface area contributed by atoms with Crippen LogP contribution >= 0.6 is 0 Å². The zero-order valence-corrected chi connectivity index (χ0v) is 35.9. The van der Waals surface area contributed by atoms with E-state index in [1.54, 1.807) is 0 Å². The van der Waals surface area contributed by atoms with Crippen molar-refractivity contribution in [3.05, 3.63) is 256 Å². The molecule has 5 nitrogen and oxygen atoms in total. The summed E-state index contributed by atoms with van der Waals surface area (Å²) >= 11 is 0. The van der Waals surface area contributed by atoms with Gasteiger partial charge in [-0.1, -0.05) is 164 Å². The first-order valence-electron chi connectivity index (χ1n) is 22.6. The average Bonchev–Trinajstić information content (AvgIpc) is 4.09. The summed E-state index contributed by atoms with van der Waals surface area (Å²) in [7, 11) is 0. The SMILES string of the molecule is N#Cc1ccc2c(c1)C(c1ccccc1)c1cc3c4ccc(C#N)cc4n(-c4nc(-c5ccccc5)cc(-c5cccc6c5-c5ccccc5C65c6ccccc6-c6ccccc65)n4)c3cc1-2. The second-order valence-corrected chi connectivity index (χ2v) is 17.8. The predicted octanol–water partition coefficient (Wildman–Crippen LogP) is 14.2. The van der Waals surface area contributed by atoms with Gasteiger partial charge in [-0.3, -0.25) is 4.57 Å². The third-order valence-corrected chi connectivity index (χ3v) is 14.6. The molecule has 2 aromatic heterocycles. The summed E-state index contributed by atoms with van der Waals surface area (Å²) in [6.45, 7) is 0. The Hall–Kier alpha value is -9.16. The number of nitrogens with zero attached hydrogens (tertiary/aromatic N) is 5. The lowest BCUT2D eigenvalue weighted by Crippen LogP contribution is -2.25. The number of hydrogen-bond acceptors (Lipinski definition) is 4. The summed E-state index contributed by atoms with van der Waals surface area (Å²) in [5.41, 5.74) is 21.7. The highest BCUT2D eigenvalue weighted by Crippen LogP contribution is 2.64. The Balaban J connectivity index is 1.06. The topological polar surface area (TPSA) is 78.3 Å². The van der Waals surface area contributed by atoms with Crippen LogP contribution in [0.3, 0.4) is 0 Å². The van der Waals surface area contributed by atoms with Gasteiger partial charge in [0, 0.05) is 27.8 Å². The standard InChI is InChI=1S/C62H35N5/c63-35-37-26-28-41-47-33-58-48(32-50(47)59(49(41)30-37)40-16-5-2-6-17-40)44-29-27-38(36-64)31-57(44)67(58)61-65-55(39-14-3-1-4-15-39)34-56(66-61)46-21-13-25-54-60(46)45-20-9-12-24-53(45)62(54)51-22-10-7-18-42(51)43-19-8-11-23-52(43)62/h1-34,59H. The first-order chi connectivity index (χ1) is 33.1. The van der Waals surface area contributed by atoms with Gasteiger partial charge in [-0.15, -0.1) is 0 Å². The molecule has 9 aromatic carbocycles. The molecule has 1 atom stereocenters. The van der Waals surface area contributed by atoms with Crippen molar-refractivity contribution in [2.24, 2.45) is 0 Å². The van der Waals surface area contributed by atoms with Crippen LogP contribution in [0.15, 0.2) is 206 Å². The van der Waals surface area contributed by atoms with Gasteiger partial charge >= 0.3 is 0 Å². The molecule has 1 unspecified atom stereocenters. The van der Waals surface area contributed by atoms with Crippen LogP contribution in [0.4, 0.5) is 0 Å². The highest BCUT2D eigenvalue weighted by atomic mass is 15.2. The van der Waals surface area contributed by atoms with E-state index in [4.69, 9.17) is 9.97 Å². The first kappa shape index (κ1) is 37.2. The molecule has 0 saturated carbocycles. The Kier molecular flexibility index (Phi) is 7.74. The maximum atomic E-state index is 10.3. The lowest BCUT2D eigenvalue weighted by molar-refractivity contribution is 0.794. The molecule has 1 spiro atoms. The normalized spacial score (nSPS) is 14.2. The molecular weight excluding hydrogens is 815 g/mol. The van der Waals surface area contributed by atoms with Crippen molar-refractivity contribution in [2.45, 2.75) is 11.3 Å². The van der Waals surface area contributed by atoms with Crippen LogP contribution < -0.4 is 0 Å². The summed E-state index contributed by atoms with van der Waals surface area (Å²) in [6.07, 6.45) is 0. The third-order valence-electron chi connectivity index (χ3n) is 14.6. The Morgan fingerprint density at radius 2 is 0.985 bits per heavy atom. The third kappa shape index (κ3) is 5.06. The lowest BCUT2D eigenvalue weighted by Gasteiger charge is -2.30. The van der Waals surface area contributed by atoms with Gasteiger partial charge in [-0.2, -0.15) is 10.5 Å².